The van der Waals surface area contributed by atoms with Crippen LogP contribution in [0.4, 0.5) is 0 Å². The van der Waals surface area contributed by atoms with Crippen molar-refractivity contribution >= 4 is 0 Å². The second kappa shape index (κ2) is 4.56. The molecule has 0 unspecified atom stereocenters. The van der Waals surface area contributed by atoms with Gasteiger partial charge in [-0.05, 0) is 50.4 Å². The van der Waals surface area contributed by atoms with Crippen molar-refractivity contribution in [3.63, 3.8) is 0 Å². The van der Waals surface area contributed by atoms with Crippen molar-refractivity contribution in [3.05, 3.63) is 34.9 Å². The van der Waals surface area contributed by atoms with Gasteiger partial charge in [-0.3, -0.25) is 0 Å². The van der Waals surface area contributed by atoms with Gasteiger partial charge >= 0.3 is 0 Å². The Morgan fingerprint density at radius 3 is 2.88 bits per heavy atom. The summed E-state index contributed by atoms with van der Waals surface area (Å²) in [6.45, 7) is 6.11. The Morgan fingerprint density at radius 1 is 1.31 bits per heavy atom. The van der Waals surface area contributed by atoms with E-state index in [2.05, 4.69) is 37.4 Å². The molecule has 1 aliphatic rings. The van der Waals surface area contributed by atoms with Gasteiger partial charge in [0.1, 0.15) is 0 Å². The Morgan fingerprint density at radius 2 is 2.12 bits per heavy atom. The molecule has 1 N–H and O–H groups in total. The number of ether oxygens (including phenoxy) is 1. The van der Waals surface area contributed by atoms with E-state index in [0.29, 0.717) is 0 Å². The third-order valence-corrected chi connectivity index (χ3v) is 3.37. The molecule has 0 amide bonds. The van der Waals surface area contributed by atoms with Gasteiger partial charge in [-0.1, -0.05) is 18.2 Å². The van der Waals surface area contributed by atoms with Crippen LogP contribution in [0.1, 0.15) is 30.5 Å². The van der Waals surface area contributed by atoms with Gasteiger partial charge in [0.15, 0.2) is 0 Å². The molecule has 0 bridgehead atoms. The average molecular weight is 219 g/mol. The van der Waals surface area contributed by atoms with Crippen LogP contribution in [0.3, 0.4) is 0 Å². The van der Waals surface area contributed by atoms with Crippen LogP contribution in [-0.2, 0) is 24.2 Å². The minimum absolute atomic E-state index is 0.166. The molecule has 0 saturated heterocycles. The zero-order valence-corrected chi connectivity index (χ0v) is 10.5. The standard InChI is InChI=1S/C14H21NO/c1-14(2,15-3)9-11-4-5-13-10-16-7-6-12(13)8-11/h4-5,8,15H,6-7,9-10H2,1-3H3. The van der Waals surface area contributed by atoms with Crippen molar-refractivity contribution in [3.8, 4) is 0 Å². The lowest BCUT2D eigenvalue weighted by molar-refractivity contribution is 0.110. The lowest BCUT2D eigenvalue weighted by atomic mass is 9.92. The number of likely N-dealkylation sites (N-methyl/N-ethyl adjacent to an activating group) is 1. The first kappa shape index (κ1) is 11.6. The van der Waals surface area contributed by atoms with E-state index in [9.17, 15) is 0 Å². The Hall–Kier alpha value is -0.860. The molecular weight excluding hydrogens is 198 g/mol. The second-order valence-electron chi connectivity index (χ2n) is 5.22. The first-order valence-corrected chi connectivity index (χ1v) is 5.98. The summed E-state index contributed by atoms with van der Waals surface area (Å²) in [4.78, 5) is 0. The third kappa shape index (κ3) is 2.63. The van der Waals surface area contributed by atoms with E-state index in [4.69, 9.17) is 4.74 Å². The fraction of sp³-hybridized carbons (Fsp3) is 0.571. The molecular formula is C14H21NO. The molecule has 88 valence electrons. The van der Waals surface area contributed by atoms with Crippen LogP contribution in [0.25, 0.3) is 0 Å². The van der Waals surface area contributed by atoms with E-state index in [0.717, 1.165) is 26.1 Å². The largest absolute Gasteiger partial charge is 0.376 e. The molecule has 1 aliphatic heterocycles. The lowest BCUT2D eigenvalue weighted by Crippen LogP contribution is -2.38. The van der Waals surface area contributed by atoms with Gasteiger partial charge in [0.05, 0.1) is 13.2 Å². The van der Waals surface area contributed by atoms with E-state index < -0.39 is 0 Å². The second-order valence-corrected chi connectivity index (χ2v) is 5.22. The number of rotatable bonds is 3. The van der Waals surface area contributed by atoms with Gasteiger partial charge < -0.3 is 10.1 Å². The fourth-order valence-corrected chi connectivity index (χ4v) is 2.13. The van der Waals surface area contributed by atoms with Crippen molar-refractivity contribution in [1.82, 2.24) is 5.32 Å². The van der Waals surface area contributed by atoms with Crippen LogP contribution in [0.15, 0.2) is 18.2 Å². The van der Waals surface area contributed by atoms with Crippen molar-refractivity contribution in [2.45, 2.75) is 38.8 Å². The number of nitrogens with one attached hydrogen (secondary N) is 1. The summed E-state index contributed by atoms with van der Waals surface area (Å²) in [5, 5.41) is 3.35. The summed E-state index contributed by atoms with van der Waals surface area (Å²) in [5.74, 6) is 0. The summed E-state index contributed by atoms with van der Waals surface area (Å²) in [6, 6.07) is 6.79. The van der Waals surface area contributed by atoms with Crippen LogP contribution in [0.5, 0.6) is 0 Å². The quantitative estimate of drug-likeness (QED) is 0.842. The molecule has 1 aromatic carbocycles. The molecule has 1 aromatic rings. The SMILES string of the molecule is CNC(C)(C)Cc1ccc2c(c1)CCOC2. The molecule has 0 aliphatic carbocycles. The zero-order chi connectivity index (χ0) is 11.6. The molecule has 0 saturated carbocycles. The van der Waals surface area contributed by atoms with Crippen LogP contribution < -0.4 is 5.32 Å². The molecule has 0 fully saturated rings. The van der Waals surface area contributed by atoms with E-state index in [1.165, 1.54) is 16.7 Å². The van der Waals surface area contributed by atoms with Gasteiger partial charge in [-0.2, -0.15) is 0 Å². The van der Waals surface area contributed by atoms with Gasteiger partial charge in [-0.15, -0.1) is 0 Å². The number of fused-ring (bicyclic) bond motifs is 1. The number of hydrogen-bond donors (Lipinski definition) is 1. The summed E-state index contributed by atoms with van der Waals surface area (Å²) in [5.41, 5.74) is 4.41. The topological polar surface area (TPSA) is 21.3 Å². The van der Waals surface area contributed by atoms with Crippen LogP contribution >= 0.6 is 0 Å². The van der Waals surface area contributed by atoms with Crippen molar-refractivity contribution < 1.29 is 4.74 Å². The Bertz CT molecular complexity index is 371. The normalized spacial score (nSPS) is 15.9. The van der Waals surface area contributed by atoms with Gasteiger partial charge in [0, 0.05) is 5.54 Å². The molecule has 1 heterocycles. The van der Waals surface area contributed by atoms with Crippen molar-refractivity contribution in [1.29, 1.82) is 0 Å². The predicted molar refractivity (Wildman–Crippen MR) is 66.6 cm³/mol. The first-order chi connectivity index (χ1) is 7.61. The molecule has 0 atom stereocenters. The van der Waals surface area contributed by atoms with Gasteiger partial charge in [-0.25, -0.2) is 0 Å². The number of benzene rings is 1. The Balaban J connectivity index is 2.17. The third-order valence-electron chi connectivity index (χ3n) is 3.37. The maximum Gasteiger partial charge on any atom is 0.0719 e. The zero-order valence-electron chi connectivity index (χ0n) is 10.5. The summed E-state index contributed by atoms with van der Waals surface area (Å²) >= 11 is 0. The molecule has 2 rings (SSSR count). The maximum atomic E-state index is 5.45. The Labute approximate surface area is 98.0 Å². The highest BCUT2D eigenvalue weighted by atomic mass is 16.5. The minimum atomic E-state index is 0.166. The summed E-state index contributed by atoms with van der Waals surface area (Å²) in [6.07, 6.45) is 2.13. The monoisotopic (exact) mass is 219 g/mol. The summed E-state index contributed by atoms with van der Waals surface area (Å²) in [7, 11) is 2.02. The lowest BCUT2D eigenvalue weighted by Gasteiger charge is -2.25. The molecule has 0 aromatic heterocycles. The van der Waals surface area contributed by atoms with E-state index in [1.807, 2.05) is 7.05 Å². The molecule has 0 spiro atoms. The molecule has 0 radical (unpaired) electrons. The first-order valence-electron chi connectivity index (χ1n) is 5.98. The average Bonchev–Trinajstić information content (AvgIpc) is 2.28. The van der Waals surface area contributed by atoms with Crippen molar-refractivity contribution in [2.24, 2.45) is 0 Å². The maximum absolute atomic E-state index is 5.45. The van der Waals surface area contributed by atoms with Gasteiger partial charge in [0.2, 0.25) is 0 Å². The van der Waals surface area contributed by atoms with E-state index in [1.54, 1.807) is 0 Å². The minimum Gasteiger partial charge on any atom is -0.376 e. The van der Waals surface area contributed by atoms with Crippen LogP contribution in [0.2, 0.25) is 0 Å². The summed E-state index contributed by atoms with van der Waals surface area (Å²) < 4.78 is 5.45. The van der Waals surface area contributed by atoms with Gasteiger partial charge in [0.25, 0.3) is 0 Å². The molecule has 2 heteroatoms. The van der Waals surface area contributed by atoms with E-state index in [-0.39, 0.29) is 5.54 Å². The molecule has 2 nitrogen and oxygen atoms in total. The number of hydrogen-bond acceptors (Lipinski definition) is 2. The van der Waals surface area contributed by atoms with Crippen molar-refractivity contribution in [2.75, 3.05) is 13.7 Å². The molecule has 16 heavy (non-hydrogen) atoms. The predicted octanol–water partition coefficient (Wildman–Crippen LogP) is 2.30. The highest BCUT2D eigenvalue weighted by Crippen LogP contribution is 2.20. The van der Waals surface area contributed by atoms with Crippen LogP contribution in [0, 0.1) is 0 Å². The smallest absolute Gasteiger partial charge is 0.0719 e. The van der Waals surface area contributed by atoms with E-state index >= 15 is 0 Å². The highest BCUT2D eigenvalue weighted by Gasteiger charge is 2.17. The highest BCUT2D eigenvalue weighted by molar-refractivity contribution is 5.33. The van der Waals surface area contributed by atoms with Crippen LogP contribution in [-0.4, -0.2) is 19.2 Å². The fourth-order valence-electron chi connectivity index (χ4n) is 2.13. The Kier molecular flexibility index (Phi) is 3.31.